The Hall–Kier alpha value is -2.67. The molecule has 0 spiro atoms. The standard InChI is InChI=1S/C13H6N4O2S/c18-11-6-2-1-3-14-8(6)12(19)10-9(11)16-13(17-10)7-4-20-5-15-7/h1-5H,(H,16,17). The van der Waals surface area contributed by atoms with E-state index in [0.717, 1.165) is 0 Å². The molecular formula is C13H6N4O2S. The zero-order chi connectivity index (χ0) is 13.7. The van der Waals surface area contributed by atoms with Crippen molar-refractivity contribution in [3.05, 3.63) is 51.9 Å². The summed E-state index contributed by atoms with van der Waals surface area (Å²) >= 11 is 1.42. The number of pyridine rings is 1. The molecule has 0 saturated carbocycles. The summed E-state index contributed by atoms with van der Waals surface area (Å²) in [4.78, 5) is 39.9. The number of nitrogens with zero attached hydrogens (tertiary/aromatic N) is 3. The minimum Gasteiger partial charge on any atom is -0.333 e. The molecule has 3 heterocycles. The van der Waals surface area contributed by atoms with Gasteiger partial charge < -0.3 is 4.98 Å². The Morgan fingerprint density at radius 2 is 2.00 bits per heavy atom. The van der Waals surface area contributed by atoms with Gasteiger partial charge in [-0.25, -0.2) is 9.97 Å². The van der Waals surface area contributed by atoms with E-state index in [1.165, 1.54) is 17.5 Å². The van der Waals surface area contributed by atoms with Crippen molar-refractivity contribution in [1.29, 1.82) is 0 Å². The number of aromatic nitrogens is 4. The van der Waals surface area contributed by atoms with Crippen LogP contribution in [-0.4, -0.2) is 31.5 Å². The van der Waals surface area contributed by atoms with Gasteiger partial charge in [-0.3, -0.25) is 14.6 Å². The molecule has 0 amide bonds. The molecule has 3 aromatic heterocycles. The number of imidazole rings is 1. The maximum atomic E-state index is 12.4. The Labute approximate surface area is 116 Å². The van der Waals surface area contributed by atoms with E-state index in [2.05, 4.69) is 19.9 Å². The molecule has 0 unspecified atom stereocenters. The third-order valence-corrected chi connectivity index (χ3v) is 3.67. The number of aromatic amines is 1. The number of nitrogens with one attached hydrogen (secondary N) is 1. The number of carbonyl (C=O) groups excluding carboxylic acids is 2. The van der Waals surface area contributed by atoms with E-state index in [4.69, 9.17) is 0 Å². The van der Waals surface area contributed by atoms with Crippen LogP contribution in [-0.2, 0) is 0 Å². The molecule has 1 aliphatic rings. The van der Waals surface area contributed by atoms with Gasteiger partial charge in [0.15, 0.2) is 5.82 Å². The van der Waals surface area contributed by atoms with Crippen molar-refractivity contribution in [3.8, 4) is 11.5 Å². The van der Waals surface area contributed by atoms with E-state index in [-0.39, 0.29) is 28.6 Å². The van der Waals surface area contributed by atoms with Crippen LogP contribution in [0.4, 0.5) is 0 Å². The molecule has 20 heavy (non-hydrogen) atoms. The lowest BCUT2D eigenvalue weighted by Crippen LogP contribution is -2.22. The zero-order valence-corrected chi connectivity index (χ0v) is 10.8. The molecule has 0 aromatic carbocycles. The quantitative estimate of drug-likeness (QED) is 0.574. The lowest BCUT2D eigenvalue weighted by molar-refractivity contribution is 0.0970. The monoisotopic (exact) mass is 282 g/mol. The van der Waals surface area contributed by atoms with Crippen molar-refractivity contribution >= 4 is 22.9 Å². The van der Waals surface area contributed by atoms with E-state index in [0.29, 0.717) is 17.1 Å². The lowest BCUT2D eigenvalue weighted by atomic mass is 9.95. The van der Waals surface area contributed by atoms with Crippen LogP contribution in [0.5, 0.6) is 0 Å². The van der Waals surface area contributed by atoms with Gasteiger partial charge >= 0.3 is 0 Å². The summed E-state index contributed by atoms with van der Waals surface area (Å²) < 4.78 is 0. The fourth-order valence-corrected chi connectivity index (χ4v) is 2.71. The van der Waals surface area contributed by atoms with Crippen LogP contribution in [0, 0.1) is 0 Å². The second-order valence-electron chi connectivity index (χ2n) is 4.24. The van der Waals surface area contributed by atoms with Crippen LogP contribution in [0.3, 0.4) is 0 Å². The second-order valence-corrected chi connectivity index (χ2v) is 4.96. The first-order chi connectivity index (χ1) is 9.75. The number of hydrogen-bond donors (Lipinski definition) is 1. The van der Waals surface area contributed by atoms with Crippen LogP contribution in [0.15, 0.2) is 29.2 Å². The summed E-state index contributed by atoms with van der Waals surface area (Å²) in [6.45, 7) is 0. The summed E-state index contributed by atoms with van der Waals surface area (Å²) in [5.74, 6) is -0.185. The number of thiazole rings is 1. The van der Waals surface area contributed by atoms with E-state index in [1.54, 1.807) is 23.0 Å². The van der Waals surface area contributed by atoms with E-state index in [9.17, 15) is 9.59 Å². The highest BCUT2D eigenvalue weighted by atomic mass is 32.1. The Balaban J connectivity index is 1.94. The maximum absolute atomic E-state index is 12.4. The molecule has 1 N–H and O–H groups in total. The minimum absolute atomic E-state index is 0.115. The van der Waals surface area contributed by atoms with Crippen LogP contribution in [0.2, 0.25) is 0 Å². The van der Waals surface area contributed by atoms with Crippen molar-refractivity contribution in [3.63, 3.8) is 0 Å². The highest BCUT2D eigenvalue weighted by Crippen LogP contribution is 2.27. The minimum atomic E-state index is -0.340. The molecule has 7 heteroatoms. The fourth-order valence-electron chi connectivity index (χ4n) is 2.17. The first-order valence-electron chi connectivity index (χ1n) is 5.78. The largest absolute Gasteiger partial charge is 0.333 e. The predicted molar refractivity (Wildman–Crippen MR) is 70.8 cm³/mol. The number of hydrogen-bond acceptors (Lipinski definition) is 6. The summed E-state index contributed by atoms with van der Waals surface area (Å²) in [5.41, 5.74) is 3.06. The van der Waals surface area contributed by atoms with Gasteiger partial charge in [0.05, 0.1) is 11.1 Å². The van der Waals surface area contributed by atoms with Gasteiger partial charge in [0.25, 0.3) is 0 Å². The third kappa shape index (κ3) is 1.41. The average Bonchev–Trinajstić information content (AvgIpc) is 3.13. The highest BCUT2D eigenvalue weighted by Gasteiger charge is 2.34. The molecule has 0 aliphatic heterocycles. The SMILES string of the molecule is O=C1c2ncccc2C(=O)c2[nH]c(-c3cscn3)nc21. The summed E-state index contributed by atoms with van der Waals surface area (Å²) in [5, 5.41) is 1.80. The topological polar surface area (TPSA) is 88.6 Å². The molecule has 96 valence electrons. The fraction of sp³-hybridized carbons (Fsp3) is 0. The second kappa shape index (κ2) is 3.91. The Bertz CT molecular complexity index is 799. The number of carbonyl (C=O) groups is 2. The maximum Gasteiger partial charge on any atom is 0.232 e. The van der Waals surface area contributed by atoms with Crippen molar-refractivity contribution in [2.24, 2.45) is 0 Å². The highest BCUT2D eigenvalue weighted by molar-refractivity contribution is 7.07. The van der Waals surface area contributed by atoms with Crippen LogP contribution < -0.4 is 0 Å². The van der Waals surface area contributed by atoms with Gasteiger partial charge in [0.2, 0.25) is 11.6 Å². The van der Waals surface area contributed by atoms with E-state index < -0.39 is 0 Å². The van der Waals surface area contributed by atoms with Gasteiger partial charge in [-0.1, -0.05) is 0 Å². The molecule has 3 aromatic rings. The molecule has 1 aliphatic carbocycles. The number of ketones is 2. The molecule has 6 nitrogen and oxygen atoms in total. The molecule has 0 radical (unpaired) electrons. The van der Waals surface area contributed by atoms with Crippen LogP contribution in [0.25, 0.3) is 11.5 Å². The molecule has 0 bridgehead atoms. The van der Waals surface area contributed by atoms with Crippen LogP contribution >= 0.6 is 11.3 Å². The summed E-state index contributed by atoms with van der Waals surface area (Å²) in [6, 6.07) is 3.22. The molecule has 0 fully saturated rings. The number of fused-ring (bicyclic) bond motifs is 2. The van der Waals surface area contributed by atoms with Crippen molar-refractivity contribution in [2.45, 2.75) is 0 Å². The third-order valence-electron chi connectivity index (χ3n) is 3.09. The van der Waals surface area contributed by atoms with E-state index in [1.807, 2.05) is 0 Å². The Morgan fingerprint density at radius 3 is 2.80 bits per heavy atom. The summed E-state index contributed by atoms with van der Waals surface area (Å²) in [7, 11) is 0. The first kappa shape index (κ1) is 11.2. The first-order valence-corrected chi connectivity index (χ1v) is 6.73. The van der Waals surface area contributed by atoms with E-state index >= 15 is 0 Å². The average molecular weight is 282 g/mol. The predicted octanol–water partition coefficient (Wildman–Crippen LogP) is 1.70. The lowest BCUT2D eigenvalue weighted by Gasteiger charge is -2.10. The van der Waals surface area contributed by atoms with Crippen molar-refractivity contribution < 1.29 is 9.59 Å². The van der Waals surface area contributed by atoms with Gasteiger partial charge in [-0.05, 0) is 12.1 Å². The van der Waals surface area contributed by atoms with Gasteiger partial charge in [-0.2, -0.15) is 0 Å². The molecule has 0 saturated heterocycles. The van der Waals surface area contributed by atoms with Gasteiger partial charge in [-0.15, -0.1) is 11.3 Å². The summed E-state index contributed by atoms with van der Waals surface area (Å²) in [6.07, 6.45) is 1.49. The van der Waals surface area contributed by atoms with Crippen molar-refractivity contribution in [2.75, 3.05) is 0 Å². The smallest absolute Gasteiger partial charge is 0.232 e. The van der Waals surface area contributed by atoms with Crippen LogP contribution in [0.1, 0.15) is 32.2 Å². The Kier molecular flexibility index (Phi) is 2.19. The molecular weight excluding hydrogens is 276 g/mol. The zero-order valence-electron chi connectivity index (χ0n) is 9.95. The van der Waals surface area contributed by atoms with Gasteiger partial charge in [0.1, 0.15) is 22.8 Å². The normalized spacial score (nSPS) is 13.2. The molecule has 4 rings (SSSR count). The molecule has 0 atom stereocenters. The number of rotatable bonds is 1. The van der Waals surface area contributed by atoms with Crippen molar-refractivity contribution in [1.82, 2.24) is 19.9 Å². The number of H-pyrrole nitrogens is 1. The Morgan fingerprint density at radius 1 is 1.10 bits per heavy atom. The van der Waals surface area contributed by atoms with Gasteiger partial charge in [0, 0.05) is 11.6 Å².